The molecule has 0 spiro atoms. The van der Waals surface area contributed by atoms with Crippen LogP contribution in [0.15, 0.2) is 165 Å². The number of H-pyrrole nitrogens is 4. The van der Waals surface area contributed by atoms with Gasteiger partial charge in [0.15, 0.2) is 0 Å². The first kappa shape index (κ1) is 40.2. The molecule has 0 amide bonds. The number of aromatic nitrogens is 10. The number of nitrogens with one attached hydrogen (secondary N) is 4. The van der Waals surface area contributed by atoms with Gasteiger partial charge < -0.3 is 15.7 Å². The summed E-state index contributed by atoms with van der Waals surface area (Å²) in [5.74, 6) is -0.539. The fraction of sp³-hybridized carbons (Fsp3) is 0.0385. The number of fused-ring (bicyclic) bond motifs is 4. The molecule has 0 saturated heterocycles. The number of benzene rings is 4. The minimum atomic E-state index is -0.273. The van der Waals surface area contributed by atoms with E-state index in [0.717, 1.165) is 111 Å². The van der Waals surface area contributed by atoms with Gasteiger partial charge in [-0.25, -0.2) is 8.78 Å². The highest BCUT2D eigenvalue weighted by Crippen LogP contribution is 2.37. The minimum Gasteiger partial charge on any atom is -0.397 e. The lowest BCUT2D eigenvalue weighted by Crippen LogP contribution is -1.87. The molecular weight excluding hydrogens is 817 g/mol. The number of pyridine rings is 4. The molecule has 0 saturated carbocycles. The second kappa shape index (κ2) is 17.1. The quantitative estimate of drug-likeness (QED) is 0.111. The zero-order valence-electron chi connectivity index (χ0n) is 35.1. The van der Waals surface area contributed by atoms with Crippen molar-refractivity contribution in [3.63, 3.8) is 0 Å². The molecule has 0 bridgehead atoms. The Balaban J connectivity index is 0.000000148. The standard InChI is InChI=1S/C25H17FN6.C25H16FN5.C2H6/c26-17-4-1-14(2-5-17)21-12-29-13-24-19(21)9-23(30-24)25-20-8-15(3-6-22(20)31-32-25)16-7-18(27)11-28-10-16;26-17-5-3-4-15(10-17)20-13-27-14-24-18(20)12-23(29-24)25-19-11-16(7-8-22(19)30-31-25)21-6-1-2-9-28-21;1-2/h1-13,30H,27H2,(H,31,32);1-14,29H,(H,30,31);1-2H3. The molecule has 0 aliphatic rings. The largest absolute Gasteiger partial charge is 0.397 e. The van der Waals surface area contributed by atoms with Gasteiger partial charge in [-0.05, 0) is 95.6 Å². The SMILES string of the molecule is CC.Fc1cccc(-c2cncc3[nH]c(-c4n[nH]c5ccc(-c6ccccn6)cc45)cc23)c1.Nc1cncc(-c2ccc3[nH]nc(-c4cc5c(-c6ccc(F)cc6)cncc5[nH]4)c3c2)c1. The molecule has 65 heavy (non-hydrogen) atoms. The Kier molecular flexibility index (Phi) is 10.6. The van der Waals surface area contributed by atoms with Crippen LogP contribution in [0, 0.1) is 11.6 Å². The third-order valence-electron chi connectivity index (χ3n) is 11.1. The Morgan fingerprint density at radius 2 is 1.05 bits per heavy atom. The number of halogens is 2. The number of nitrogens with two attached hydrogens (primary N) is 1. The van der Waals surface area contributed by atoms with Gasteiger partial charge in [0.1, 0.15) is 23.0 Å². The Morgan fingerprint density at radius 3 is 1.66 bits per heavy atom. The zero-order valence-corrected chi connectivity index (χ0v) is 35.1. The fourth-order valence-electron chi connectivity index (χ4n) is 8.03. The van der Waals surface area contributed by atoms with Crippen LogP contribution in [0.1, 0.15) is 13.8 Å². The molecule has 8 heterocycles. The average molecular weight is 856 g/mol. The monoisotopic (exact) mass is 855 g/mol. The molecule has 12 rings (SSSR count). The molecule has 0 aliphatic carbocycles. The van der Waals surface area contributed by atoms with Crippen molar-refractivity contribution < 1.29 is 8.78 Å². The average Bonchev–Trinajstić information content (AvgIpc) is 4.17. The summed E-state index contributed by atoms with van der Waals surface area (Å²) in [7, 11) is 0. The summed E-state index contributed by atoms with van der Waals surface area (Å²) in [6, 6.07) is 37.1. The van der Waals surface area contributed by atoms with Crippen LogP contribution in [-0.2, 0) is 0 Å². The maximum atomic E-state index is 13.8. The van der Waals surface area contributed by atoms with Crippen molar-refractivity contribution in [3.05, 3.63) is 176 Å². The first-order chi connectivity index (χ1) is 31.9. The number of aromatic amines is 4. The predicted molar refractivity (Wildman–Crippen MR) is 255 cm³/mol. The smallest absolute Gasteiger partial charge is 0.123 e. The summed E-state index contributed by atoms with van der Waals surface area (Å²) in [6.45, 7) is 4.00. The third-order valence-corrected chi connectivity index (χ3v) is 11.1. The summed E-state index contributed by atoms with van der Waals surface area (Å²) in [4.78, 5) is 24.2. The molecule has 0 aliphatic heterocycles. The molecule has 13 heteroatoms. The van der Waals surface area contributed by atoms with E-state index in [2.05, 4.69) is 68.5 Å². The van der Waals surface area contributed by atoms with Crippen LogP contribution < -0.4 is 5.73 Å². The number of nitrogens with zero attached hydrogens (tertiary/aromatic N) is 6. The van der Waals surface area contributed by atoms with Crippen molar-refractivity contribution >= 4 is 49.3 Å². The lowest BCUT2D eigenvalue weighted by atomic mass is 10.0. The summed E-state index contributed by atoms with van der Waals surface area (Å²) in [6.07, 6.45) is 12.3. The number of hydrogen-bond acceptors (Lipinski definition) is 7. The van der Waals surface area contributed by atoms with Crippen molar-refractivity contribution in [2.75, 3.05) is 5.73 Å². The van der Waals surface area contributed by atoms with Crippen LogP contribution in [0.2, 0.25) is 0 Å². The van der Waals surface area contributed by atoms with Gasteiger partial charge >= 0.3 is 0 Å². The second-order valence-electron chi connectivity index (χ2n) is 15.1. The normalized spacial score (nSPS) is 11.1. The van der Waals surface area contributed by atoms with Crippen molar-refractivity contribution in [1.29, 1.82) is 0 Å². The predicted octanol–water partition coefficient (Wildman–Crippen LogP) is 12.6. The maximum Gasteiger partial charge on any atom is 0.123 e. The Morgan fingerprint density at radius 1 is 0.446 bits per heavy atom. The zero-order chi connectivity index (χ0) is 44.4. The van der Waals surface area contributed by atoms with E-state index in [1.807, 2.05) is 74.5 Å². The van der Waals surface area contributed by atoms with E-state index in [9.17, 15) is 8.78 Å². The topological polar surface area (TPSA) is 167 Å². The van der Waals surface area contributed by atoms with Gasteiger partial charge in [0.05, 0.1) is 57.2 Å². The van der Waals surface area contributed by atoms with Crippen LogP contribution >= 0.6 is 0 Å². The van der Waals surface area contributed by atoms with E-state index in [1.54, 1.807) is 61.6 Å². The first-order valence-corrected chi connectivity index (χ1v) is 21.0. The highest BCUT2D eigenvalue weighted by molar-refractivity contribution is 6.03. The summed E-state index contributed by atoms with van der Waals surface area (Å²) in [5, 5.41) is 19.3. The number of nitrogen functional groups attached to an aromatic ring is 1. The molecule has 12 aromatic rings. The summed E-state index contributed by atoms with van der Waals surface area (Å²) >= 11 is 0. The maximum absolute atomic E-state index is 13.8. The van der Waals surface area contributed by atoms with E-state index in [-0.39, 0.29) is 11.6 Å². The molecule has 6 N–H and O–H groups in total. The molecule has 0 fully saturated rings. The molecule has 0 unspecified atom stereocenters. The van der Waals surface area contributed by atoms with Crippen LogP contribution in [0.5, 0.6) is 0 Å². The number of rotatable bonds is 6. The van der Waals surface area contributed by atoms with E-state index in [0.29, 0.717) is 5.69 Å². The summed E-state index contributed by atoms with van der Waals surface area (Å²) < 4.78 is 27.2. The van der Waals surface area contributed by atoms with Crippen molar-refractivity contribution in [2.45, 2.75) is 13.8 Å². The van der Waals surface area contributed by atoms with Crippen LogP contribution in [0.4, 0.5) is 14.5 Å². The highest BCUT2D eigenvalue weighted by atomic mass is 19.1. The lowest BCUT2D eigenvalue weighted by Gasteiger charge is -2.03. The van der Waals surface area contributed by atoms with Gasteiger partial charge in [-0.2, -0.15) is 10.2 Å². The third kappa shape index (κ3) is 7.82. The molecule has 8 aromatic heterocycles. The lowest BCUT2D eigenvalue weighted by molar-refractivity contribution is 0.628. The minimum absolute atomic E-state index is 0.266. The molecule has 11 nitrogen and oxygen atoms in total. The van der Waals surface area contributed by atoms with Gasteiger partial charge in [0.2, 0.25) is 0 Å². The van der Waals surface area contributed by atoms with E-state index < -0.39 is 0 Å². The molecule has 4 aromatic carbocycles. The van der Waals surface area contributed by atoms with Crippen LogP contribution in [0.25, 0.3) is 111 Å². The van der Waals surface area contributed by atoms with E-state index in [4.69, 9.17) is 5.73 Å². The number of hydrogen-bond donors (Lipinski definition) is 5. The van der Waals surface area contributed by atoms with Crippen molar-refractivity contribution in [2.24, 2.45) is 0 Å². The van der Waals surface area contributed by atoms with Crippen LogP contribution in [0.3, 0.4) is 0 Å². The van der Waals surface area contributed by atoms with Crippen LogP contribution in [-0.4, -0.2) is 50.3 Å². The van der Waals surface area contributed by atoms with Gasteiger partial charge in [-0.3, -0.25) is 30.1 Å². The van der Waals surface area contributed by atoms with Gasteiger partial charge in [-0.1, -0.05) is 56.3 Å². The fourth-order valence-corrected chi connectivity index (χ4v) is 8.03. The molecular formula is C52H39F2N11. The molecule has 0 radical (unpaired) electrons. The van der Waals surface area contributed by atoms with Gasteiger partial charge in [0, 0.05) is 74.8 Å². The van der Waals surface area contributed by atoms with E-state index in [1.165, 1.54) is 24.3 Å². The summed E-state index contributed by atoms with van der Waals surface area (Å²) in [5.41, 5.74) is 20.9. The Bertz CT molecular complexity index is 3630. The van der Waals surface area contributed by atoms with Gasteiger partial charge in [0.25, 0.3) is 0 Å². The highest BCUT2D eigenvalue weighted by Gasteiger charge is 2.17. The van der Waals surface area contributed by atoms with Crippen molar-refractivity contribution in [3.8, 4) is 67.4 Å². The van der Waals surface area contributed by atoms with E-state index >= 15 is 0 Å². The van der Waals surface area contributed by atoms with Gasteiger partial charge in [-0.15, -0.1) is 0 Å². The molecule has 0 atom stereocenters. The second-order valence-corrected chi connectivity index (χ2v) is 15.1. The first-order valence-electron chi connectivity index (χ1n) is 21.0. The number of anilines is 1. The Hall–Kier alpha value is -8.84. The molecule has 316 valence electrons. The van der Waals surface area contributed by atoms with Crippen molar-refractivity contribution in [1.82, 2.24) is 50.3 Å². The Labute approximate surface area is 370 Å².